The molecule has 1 N–H and O–H groups in total. The molecule has 0 aliphatic heterocycles. The topological polar surface area (TPSA) is 115 Å². The third-order valence-corrected chi connectivity index (χ3v) is 8.79. The Kier molecular flexibility index (Phi) is 6.86. The summed E-state index contributed by atoms with van der Waals surface area (Å²) in [4.78, 5) is 17.7. The van der Waals surface area contributed by atoms with E-state index in [1.807, 2.05) is 6.92 Å². The summed E-state index contributed by atoms with van der Waals surface area (Å²) in [6, 6.07) is 17.0. The first-order valence-electron chi connectivity index (χ1n) is 10.5. The van der Waals surface area contributed by atoms with Gasteiger partial charge in [0.25, 0.3) is 15.9 Å². The molecule has 0 bridgehead atoms. The molecular formula is C25H21N3O5S3. The number of hydrogen-bond donors (Lipinski definition) is 1. The zero-order valence-corrected chi connectivity index (χ0v) is 21.7. The molecule has 11 heteroatoms. The molecule has 0 saturated heterocycles. The van der Waals surface area contributed by atoms with Gasteiger partial charge in [-0.2, -0.15) is 4.99 Å². The number of rotatable bonds is 6. The van der Waals surface area contributed by atoms with Crippen LogP contribution in [0.2, 0.25) is 0 Å². The van der Waals surface area contributed by atoms with E-state index in [-0.39, 0.29) is 21.9 Å². The molecule has 0 spiro atoms. The smallest absolute Gasteiger partial charge is 0.279 e. The van der Waals surface area contributed by atoms with Crippen molar-refractivity contribution >= 4 is 53.0 Å². The van der Waals surface area contributed by atoms with Crippen LogP contribution in [0, 0.1) is 19.3 Å². The molecule has 4 aromatic rings. The van der Waals surface area contributed by atoms with E-state index in [0.717, 1.165) is 23.2 Å². The van der Waals surface area contributed by atoms with Crippen molar-refractivity contribution in [2.24, 2.45) is 4.99 Å². The fraction of sp³-hybridized carbons (Fsp3) is 0.120. The molecule has 1 heterocycles. The zero-order chi connectivity index (χ0) is 26.1. The second-order valence-electron chi connectivity index (χ2n) is 7.99. The molecule has 0 aliphatic rings. The number of nitrogens with one attached hydrogen (secondary N) is 1. The van der Waals surface area contributed by atoms with Gasteiger partial charge >= 0.3 is 0 Å². The van der Waals surface area contributed by atoms with E-state index in [4.69, 9.17) is 6.42 Å². The summed E-state index contributed by atoms with van der Waals surface area (Å²) in [5.41, 5.74) is 2.15. The number of sulfonamides is 1. The minimum atomic E-state index is -3.77. The maximum Gasteiger partial charge on any atom is 0.279 e. The van der Waals surface area contributed by atoms with Gasteiger partial charge in [0.2, 0.25) is 0 Å². The van der Waals surface area contributed by atoms with Gasteiger partial charge in [0.1, 0.15) is 0 Å². The van der Waals surface area contributed by atoms with Crippen LogP contribution in [0.5, 0.6) is 0 Å². The number of carbonyl (C=O) groups excluding carboxylic acids is 1. The second-order valence-corrected chi connectivity index (χ2v) is 12.7. The molecule has 36 heavy (non-hydrogen) atoms. The highest BCUT2D eigenvalue weighted by Gasteiger charge is 2.15. The highest BCUT2D eigenvalue weighted by atomic mass is 32.2. The lowest BCUT2D eigenvalue weighted by Gasteiger charge is -2.08. The number of terminal acetylenes is 1. The summed E-state index contributed by atoms with van der Waals surface area (Å²) in [6.07, 6.45) is 6.61. The maximum atomic E-state index is 12.9. The van der Waals surface area contributed by atoms with Crippen LogP contribution in [0.25, 0.3) is 10.2 Å². The first-order valence-corrected chi connectivity index (χ1v) is 14.7. The van der Waals surface area contributed by atoms with Crippen LogP contribution in [-0.2, 0) is 26.4 Å². The van der Waals surface area contributed by atoms with E-state index in [9.17, 15) is 21.6 Å². The van der Waals surface area contributed by atoms with E-state index >= 15 is 0 Å². The third-order valence-electron chi connectivity index (χ3n) is 5.24. The standard InChI is InChI=1S/C25H21N3O5S3/c1-4-15-28-22-14-13-21(35(3,30)31)16-23(22)34-25(28)26-24(29)18-7-9-19(10-8-18)27-36(32,33)20-11-5-17(2)6-12-20/h1,5-14,16,27H,15H2,2-3H3. The lowest BCUT2D eigenvalue weighted by molar-refractivity contribution is 0.0998. The molecule has 0 aliphatic carbocycles. The van der Waals surface area contributed by atoms with Gasteiger partial charge in [0, 0.05) is 17.5 Å². The predicted octanol–water partition coefficient (Wildman–Crippen LogP) is 3.59. The van der Waals surface area contributed by atoms with Gasteiger partial charge in [-0.3, -0.25) is 9.52 Å². The van der Waals surface area contributed by atoms with Crippen molar-refractivity contribution in [1.82, 2.24) is 4.57 Å². The summed E-state index contributed by atoms with van der Waals surface area (Å²) in [7, 11) is -7.18. The average molecular weight is 540 g/mol. The Hall–Kier alpha value is -3.72. The number of anilines is 1. The largest absolute Gasteiger partial charge is 0.305 e. The van der Waals surface area contributed by atoms with Crippen LogP contribution in [0.15, 0.2) is 81.5 Å². The molecule has 0 fully saturated rings. The monoisotopic (exact) mass is 539 g/mol. The number of sulfone groups is 1. The van der Waals surface area contributed by atoms with E-state index in [1.165, 1.54) is 48.5 Å². The first-order chi connectivity index (χ1) is 17.0. The van der Waals surface area contributed by atoms with E-state index in [0.29, 0.717) is 20.7 Å². The Balaban J connectivity index is 1.64. The number of nitrogens with zero attached hydrogens (tertiary/aromatic N) is 2. The van der Waals surface area contributed by atoms with Gasteiger partial charge in [-0.1, -0.05) is 35.0 Å². The summed E-state index contributed by atoms with van der Waals surface area (Å²) < 4.78 is 53.8. The van der Waals surface area contributed by atoms with Gasteiger partial charge in [-0.15, -0.1) is 6.42 Å². The second kappa shape index (κ2) is 9.73. The van der Waals surface area contributed by atoms with Crippen molar-refractivity contribution in [3.63, 3.8) is 0 Å². The highest BCUT2D eigenvalue weighted by Crippen LogP contribution is 2.22. The predicted molar refractivity (Wildman–Crippen MR) is 140 cm³/mol. The first kappa shape index (κ1) is 25.4. The van der Waals surface area contributed by atoms with E-state index < -0.39 is 25.8 Å². The molecule has 1 amide bonds. The number of thiazole rings is 1. The van der Waals surface area contributed by atoms with Gasteiger partial charge in [0.15, 0.2) is 14.6 Å². The van der Waals surface area contributed by atoms with E-state index in [1.54, 1.807) is 22.8 Å². The molecule has 184 valence electrons. The fourth-order valence-corrected chi connectivity index (χ4v) is 6.22. The Morgan fingerprint density at radius 3 is 2.25 bits per heavy atom. The van der Waals surface area contributed by atoms with Crippen LogP contribution in [0.4, 0.5) is 5.69 Å². The van der Waals surface area contributed by atoms with Crippen molar-refractivity contribution in [2.45, 2.75) is 23.3 Å². The summed E-state index contributed by atoms with van der Waals surface area (Å²) in [5.74, 6) is 1.97. The Morgan fingerprint density at radius 2 is 1.64 bits per heavy atom. The number of fused-ring (bicyclic) bond motifs is 1. The Morgan fingerprint density at radius 1 is 1.00 bits per heavy atom. The van der Waals surface area contributed by atoms with Crippen LogP contribution >= 0.6 is 11.3 Å². The minimum Gasteiger partial charge on any atom is -0.305 e. The van der Waals surface area contributed by atoms with Crippen molar-refractivity contribution in [1.29, 1.82) is 0 Å². The van der Waals surface area contributed by atoms with Crippen molar-refractivity contribution < 1.29 is 21.6 Å². The van der Waals surface area contributed by atoms with Gasteiger partial charge in [-0.25, -0.2) is 16.8 Å². The molecule has 0 unspecified atom stereocenters. The van der Waals surface area contributed by atoms with Gasteiger partial charge in [-0.05, 0) is 61.5 Å². The van der Waals surface area contributed by atoms with Crippen molar-refractivity contribution in [2.75, 3.05) is 11.0 Å². The minimum absolute atomic E-state index is 0.130. The average Bonchev–Trinajstić information content (AvgIpc) is 3.15. The lowest BCUT2D eigenvalue weighted by Crippen LogP contribution is -2.16. The van der Waals surface area contributed by atoms with E-state index in [2.05, 4.69) is 15.6 Å². The van der Waals surface area contributed by atoms with Gasteiger partial charge in [0.05, 0.1) is 26.6 Å². The third kappa shape index (κ3) is 5.41. The maximum absolute atomic E-state index is 12.9. The number of amides is 1. The Bertz CT molecular complexity index is 1790. The lowest BCUT2D eigenvalue weighted by atomic mass is 10.2. The van der Waals surface area contributed by atoms with Crippen molar-refractivity contribution in [3.05, 3.63) is 82.7 Å². The number of hydrogen-bond acceptors (Lipinski definition) is 6. The molecule has 3 aromatic carbocycles. The molecule has 0 saturated carbocycles. The molecule has 0 radical (unpaired) electrons. The quantitative estimate of drug-likeness (QED) is 0.376. The van der Waals surface area contributed by atoms with Crippen LogP contribution in [0.1, 0.15) is 15.9 Å². The number of benzene rings is 3. The molecular weight excluding hydrogens is 518 g/mol. The fourth-order valence-electron chi connectivity index (χ4n) is 3.38. The summed E-state index contributed by atoms with van der Waals surface area (Å²) in [5, 5.41) is 0. The number of aryl methyl sites for hydroxylation is 1. The van der Waals surface area contributed by atoms with Crippen molar-refractivity contribution in [3.8, 4) is 12.3 Å². The van der Waals surface area contributed by atoms with Crippen LogP contribution < -0.4 is 9.52 Å². The molecule has 0 atom stereocenters. The molecule has 1 aromatic heterocycles. The van der Waals surface area contributed by atoms with Gasteiger partial charge < -0.3 is 4.57 Å². The molecule has 8 nitrogen and oxygen atoms in total. The SMILES string of the molecule is C#CCn1c(=NC(=O)c2ccc(NS(=O)(=O)c3ccc(C)cc3)cc2)sc2cc(S(C)(=O)=O)ccc21. The highest BCUT2D eigenvalue weighted by molar-refractivity contribution is 7.92. The van der Waals surface area contributed by atoms with Crippen LogP contribution in [-0.4, -0.2) is 33.6 Å². The summed E-state index contributed by atoms with van der Waals surface area (Å²) >= 11 is 1.15. The number of aromatic nitrogens is 1. The zero-order valence-electron chi connectivity index (χ0n) is 19.3. The normalized spacial score (nSPS) is 12.4. The van der Waals surface area contributed by atoms with Crippen LogP contribution in [0.3, 0.4) is 0 Å². The Labute approximate surface area is 212 Å². The molecule has 4 rings (SSSR count). The number of carbonyl (C=O) groups is 1. The summed E-state index contributed by atoms with van der Waals surface area (Å²) in [6.45, 7) is 2.01.